The van der Waals surface area contributed by atoms with Crippen molar-refractivity contribution < 1.29 is 14.0 Å². The van der Waals surface area contributed by atoms with E-state index in [2.05, 4.69) is 20.8 Å². The van der Waals surface area contributed by atoms with Crippen molar-refractivity contribution in [3.8, 4) is 0 Å². The summed E-state index contributed by atoms with van der Waals surface area (Å²) in [5, 5.41) is 13.4. The number of halogens is 1. The SMILES string of the molecule is O=C(CC1SC(=NN=Cc2ccco2)NC1=O)Nc1ccc(Cl)cc1. The Bertz CT molecular complexity index is 818. The number of nitrogens with one attached hydrogen (secondary N) is 2. The van der Waals surface area contributed by atoms with Crippen LogP contribution in [0.25, 0.3) is 0 Å². The fourth-order valence-electron chi connectivity index (χ4n) is 2.00. The zero-order chi connectivity index (χ0) is 17.6. The van der Waals surface area contributed by atoms with Gasteiger partial charge in [-0.15, -0.1) is 5.10 Å². The highest BCUT2D eigenvalue weighted by Crippen LogP contribution is 2.23. The fraction of sp³-hybridized carbons (Fsp3) is 0.125. The largest absolute Gasteiger partial charge is 0.463 e. The number of benzene rings is 1. The molecule has 0 aliphatic carbocycles. The van der Waals surface area contributed by atoms with Gasteiger partial charge in [0.05, 0.1) is 12.5 Å². The van der Waals surface area contributed by atoms with E-state index >= 15 is 0 Å². The second-order valence-electron chi connectivity index (χ2n) is 5.02. The third kappa shape index (κ3) is 4.94. The number of carbonyl (C=O) groups is 2. The molecule has 0 radical (unpaired) electrons. The monoisotopic (exact) mass is 376 g/mol. The normalized spacial score (nSPS) is 18.7. The van der Waals surface area contributed by atoms with E-state index < -0.39 is 5.25 Å². The Hall–Kier alpha value is -2.58. The average molecular weight is 377 g/mol. The minimum Gasteiger partial charge on any atom is -0.463 e. The molecule has 0 spiro atoms. The number of nitrogens with zero attached hydrogens (tertiary/aromatic N) is 2. The van der Waals surface area contributed by atoms with Crippen LogP contribution in [0.5, 0.6) is 0 Å². The molecule has 7 nitrogen and oxygen atoms in total. The summed E-state index contributed by atoms with van der Waals surface area (Å²) in [5.41, 5.74) is 0.620. The zero-order valence-corrected chi connectivity index (χ0v) is 14.4. The lowest BCUT2D eigenvalue weighted by Crippen LogP contribution is -2.28. The van der Waals surface area contributed by atoms with Gasteiger partial charge in [0.2, 0.25) is 11.8 Å². The first-order valence-corrected chi connectivity index (χ1v) is 8.53. The quantitative estimate of drug-likeness (QED) is 0.619. The smallest absolute Gasteiger partial charge is 0.240 e. The molecule has 2 amide bonds. The van der Waals surface area contributed by atoms with Gasteiger partial charge in [-0.2, -0.15) is 5.10 Å². The van der Waals surface area contributed by atoms with Crippen LogP contribution in [0.4, 0.5) is 5.69 Å². The number of furan rings is 1. The zero-order valence-electron chi connectivity index (χ0n) is 12.8. The van der Waals surface area contributed by atoms with Gasteiger partial charge in [-0.1, -0.05) is 23.4 Å². The van der Waals surface area contributed by atoms with Gasteiger partial charge in [0.1, 0.15) is 11.0 Å². The minimum absolute atomic E-state index is 0.0278. The van der Waals surface area contributed by atoms with Crippen LogP contribution in [0, 0.1) is 0 Å². The van der Waals surface area contributed by atoms with Gasteiger partial charge in [0.25, 0.3) is 0 Å². The van der Waals surface area contributed by atoms with Crippen molar-refractivity contribution in [1.82, 2.24) is 5.32 Å². The predicted molar refractivity (Wildman–Crippen MR) is 98.0 cm³/mol. The molecule has 1 aliphatic heterocycles. The van der Waals surface area contributed by atoms with E-state index in [1.54, 1.807) is 36.4 Å². The molecule has 2 N–H and O–H groups in total. The van der Waals surface area contributed by atoms with E-state index in [4.69, 9.17) is 16.0 Å². The molecule has 1 saturated heterocycles. The molecular formula is C16H13ClN4O3S. The van der Waals surface area contributed by atoms with Gasteiger partial charge >= 0.3 is 0 Å². The molecule has 2 aromatic rings. The summed E-state index contributed by atoms with van der Waals surface area (Å²) in [6, 6.07) is 10.2. The van der Waals surface area contributed by atoms with Gasteiger partial charge in [-0.05, 0) is 36.4 Å². The Morgan fingerprint density at radius 3 is 2.88 bits per heavy atom. The lowest BCUT2D eigenvalue weighted by Gasteiger charge is -2.07. The third-order valence-corrected chi connectivity index (χ3v) is 4.48. The Kier molecular flexibility index (Phi) is 5.52. The number of carbonyl (C=O) groups excluding carboxylic acids is 2. The van der Waals surface area contributed by atoms with Crippen molar-refractivity contribution in [1.29, 1.82) is 0 Å². The van der Waals surface area contributed by atoms with Crippen LogP contribution in [0.1, 0.15) is 12.2 Å². The molecule has 3 rings (SSSR count). The number of hydrogen-bond acceptors (Lipinski definition) is 6. The Balaban J connectivity index is 1.53. The van der Waals surface area contributed by atoms with Crippen LogP contribution < -0.4 is 10.6 Å². The number of anilines is 1. The van der Waals surface area contributed by atoms with Gasteiger partial charge in [-0.3, -0.25) is 9.59 Å². The van der Waals surface area contributed by atoms with Crippen molar-refractivity contribution in [2.24, 2.45) is 10.2 Å². The van der Waals surface area contributed by atoms with Gasteiger partial charge < -0.3 is 15.1 Å². The van der Waals surface area contributed by atoms with E-state index in [-0.39, 0.29) is 18.2 Å². The van der Waals surface area contributed by atoms with Crippen LogP contribution >= 0.6 is 23.4 Å². The molecule has 128 valence electrons. The number of thioether (sulfide) groups is 1. The fourth-order valence-corrected chi connectivity index (χ4v) is 3.05. The summed E-state index contributed by atoms with van der Waals surface area (Å²) < 4.78 is 5.08. The van der Waals surface area contributed by atoms with E-state index in [1.807, 2.05) is 0 Å². The van der Waals surface area contributed by atoms with Gasteiger partial charge in [0, 0.05) is 17.1 Å². The molecule has 1 atom stereocenters. The summed E-state index contributed by atoms with van der Waals surface area (Å²) in [6.07, 6.45) is 2.98. The van der Waals surface area contributed by atoms with E-state index in [0.717, 1.165) is 11.8 Å². The van der Waals surface area contributed by atoms with E-state index in [0.29, 0.717) is 21.6 Å². The van der Waals surface area contributed by atoms with Crippen molar-refractivity contribution in [2.45, 2.75) is 11.7 Å². The molecular weight excluding hydrogens is 364 g/mol. The van der Waals surface area contributed by atoms with Crippen molar-refractivity contribution in [2.75, 3.05) is 5.32 Å². The summed E-state index contributed by atoms with van der Waals surface area (Å²) in [7, 11) is 0. The van der Waals surface area contributed by atoms with E-state index in [1.165, 1.54) is 12.5 Å². The molecule has 1 fully saturated rings. The highest BCUT2D eigenvalue weighted by atomic mass is 35.5. The maximum atomic E-state index is 12.1. The van der Waals surface area contributed by atoms with E-state index in [9.17, 15) is 9.59 Å². The van der Waals surface area contributed by atoms with Crippen molar-refractivity contribution in [3.63, 3.8) is 0 Å². The first kappa shape index (κ1) is 17.2. The molecule has 1 unspecified atom stereocenters. The summed E-state index contributed by atoms with van der Waals surface area (Å²) in [6.45, 7) is 0. The Morgan fingerprint density at radius 1 is 1.36 bits per heavy atom. The standard InChI is InChI=1S/C16H13ClN4O3S/c17-10-3-5-11(6-4-10)19-14(22)8-13-15(23)20-16(25-13)21-18-9-12-2-1-7-24-12/h1-7,9,13H,8H2,(H,19,22)(H,20,21,23). The molecule has 25 heavy (non-hydrogen) atoms. The molecule has 1 aromatic heterocycles. The molecule has 1 aromatic carbocycles. The maximum Gasteiger partial charge on any atom is 0.240 e. The van der Waals surface area contributed by atoms with Crippen molar-refractivity contribution in [3.05, 3.63) is 53.4 Å². The van der Waals surface area contributed by atoms with Crippen LogP contribution in [-0.4, -0.2) is 28.4 Å². The molecule has 2 heterocycles. The van der Waals surface area contributed by atoms with Gasteiger partial charge in [0.15, 0.2) is 5.17 Å². The van der Waals surface area contributed by atoms with Crippen LogP contribution in [0.15, 0.2) is 57.3 Å². The second kappa shape index (κ2) is 8.00. The first-order valence-electron chi connectivity index (χ1n) is 7.27. The molecule has 9 heteroatoms. The minimum atomic E-state index is -0.551. The maximum absolute atomic E-state index is 12.1. The third-order valence-electron chi connectivity index (χ3n) is 3.15. The lowest BCUT2D eigenvalue weighted by atomic mass is 10.2. The van der Waals surface area contributed by atoms with Crippen LogP contribution in [-0.2, 0) is 9.59 Å². The number of hydrogen-bond donors (Lipinski definition) is 2. The highest BCUT2D eigenvalue weighted by molar-refractivity contribution is 8.15. The highest BCUT2D eigenvalue weighted by Gasteiger charge is 2.32. The number of amidine groups is 1. The summed E-state index contributed by atoms with van der Waals surface area (Å²) >= 11 is 6.96. The predicted octanol–water partition coefficient (Wildman–Crippen LogP) is 2.88. The Labute approximate surface area is 152 Å². The van der Waals surface area contributed by atoms with Crippen LogP contribution in [0.2, 0.25) is 5.02 Å². The Morgan fingerprint density at radius 2 is 2.16 bits per heavy atom. The lowest BCUT2D eigenvalue weighted by molar-refractivity contribution is -0.122. The summed E-state index contributed by atoms with van der Waals surface area (Å²) in [4.78, 5) is 24.0. The topological polar surface area (TPSA) is 96.1 Å². The van der Waals surface area contributed by atoms with Gasteiger partial charge in [-0.25, -0.2) is 0 Å². The number of amides is 2. The van der Waals surface area contributed by atoms with Crippen LogP contribution in [0.3, 0.4) is 0 Å². The number of rotatable bonds is 5. The molecule has 0 saturated carbocycles. The molecule has 0 bridgehead atoms. The second-order valence-corrected chi connectivity index (χ2v) is 6.65. The molecule has 1 aliphatic rings. The summed E-state index contributed by atoms with van der Waals surface area (Å²) in [5.74, 6) is 0.0103. The first-order chi connectivity index (χ1) is 12.1. The average Bonchev–Trinajstić information content (AvgIpc) is 3.20. The van der Waals surface area contributed by atoms with Crippen molar-refractivity contribution >= 4 is 52.2 Å².